The maximum absolute atomic E-state index is 5.99. The van der Waals surface area contributed by atoms with Crippen molar-refractivity contribution in [3.8, 4) is 28.4 Å². The van der Waals surface area contributed by atoms with Crippen LogP contribution in [0, 0.1) is 0 Å². The Bertz CT molecular complexity index is 2230. The van der Waals surface area contributed by atoms with Crippen molar-refractivity contribution in [3.05, 3.63) is 134 Å². The van der Waals surface area contributed by atoms with Crippen molar-refractivity contribution in [2.45, 2.75) is 0 Å². The quantitative estimate of drug-likeness (QED) is 0.230. The topological polar surface area (TPSA) is 47.1 Å². The summed E-state index contributed by atoms with van der Waals surface area (Å²) in [6.07, 6.45) is 1.85. The van der Waals surface area contributed by atoms with E-state index in [1.54, 1.807) is 0 Å². The number of hydrogen-bond acceptors (Lipinski definition) is 4. The van der Waals surface area contributed by atoms with Gasteiger partial charge in [0, 0.05) is 28.2 Å². The number of hydrogen-bond donors (Lipinski definition) is 0. The van der Waals surface area contributed by atoms with E-state index in [-0.39, 0.29) is 0 Å². The van der Waals surface area contributed by atoms with Crippen molar-refractivity contribution in [2.75, 3.05) is 4.90 Å². The molecule has 0 saturated carbocycles. The van der Waals surface area contributed by atoms with Gasteiger partial charge in [-0.2, -0.15) is 0 Å². The van der Waals surface area contributed by atoms with Gasteiger partial charge in [-0.1, -0.05) is 60.7 Å². The summed E-state index contributed by atoms with van der Waals surface area (Å²) in [5.74, 6) is 0.575. The van der Waals surface area contributed by atoms with E-state index in [9.17, 15) is 0 Å². The van der Waals surface area contributed by atoms with Crippen molar-refractivity contribution in [1.82, 2.24) is 14.5 Å². The Morgan fingerprint density at radius 2 is 1.37 bits per heavy atom. The second kappa shape index (κ2) is 8.41. The van der Waals surface area contributed by atoms with Gasteiger partial charge in [-0.3, -0.25) is 4.98 Å². The molecule has 192 valence electrons. The number of oxazole rings is 1. The Morgan fingerprint density at radius 3 is 2.22 bits per heavy atom. The monoisotopic (exact) mass is 526 g/mol. The number of aromatic nitrogens is 3. The van der Waals surface area contributed by atoms with Crippen LogP contribution >= 0.6 is 0 Å². The van der Waals surface area contributed by atoms with E-state index in [0.717, 1.165) is 45.0 Å². The number of nitrogens with zero attached hydrogens (tertiary/aromatic N) is 4. The number of benzene rings is 5. The maximum Gasteiger partial charge on any atom is 0.228 e. The normalized spacial score (nSPS) is 12.3. The third-order valence-electron chi connectivity index (χ3n) is 7.97. The molecule has 0 unspecified atom stereocenters. The molecule has 4 heterocycles. The highest BCUT2D eigenvalue weighted by atomic mass is 16.3. The molecule has 0 N–H and O–H groups in total. The van der Waals surface area contributed by atoms with E-state index >= 15 is 0 Å². The molecular weight excluding hydrogens is 504 g/mol. The van der Waals surface area contributed by atoms with E-state index < -0.39 is 0 Å². The first-order chi connectivity index (χ1) is 20.3. The average molecular weight is 527 g/mol. The van der Waals surface area contributed by atoms with Gasteiger partial charge in [-0.15, -0.1) is 0 Å². The Labute approximate surface area is 235 Å². The predicted molar refractivity (Wildman–Crippen MR) is 165 cm³/mol. The first-order valence-electron chi connectivity index (χ1n) is 13.7. The van der Waals surface area contributed by atoms with Crippen LogP contribution in [0.4, 0.5) is 17.1 Å². The van der Waals surface area contributed by atoms with E-state index in [1.807, 2.05) is 36.5 Å². The highest BCUT2D eigenvalue weighted by Crippen LogP contribution is 2.50. The van der Waals surface area contributed by atoms with Crippen molar-refractivity contribution in [2.24, 2.45) is 0 Å². The Hall–Kier alpha value is -5.68. The SMILES string of the molecule is c1ccc(N2c3ccccc3-n3c4ccccc4c4cc(-c5ccc(-c6nc7ccccc7o6)cn5)cc2c43)cc1. The summed E-state index contributed by atoms with van der Waals surface area (Å²) < 4.78 is 8.39. The molecule has 0 aliphatic carbocycles. The lowest BCUT2D eigenvalue weighted by Crippen LogP contribution is -2.18. The van der Waals surface area contributed by atoms with Crippen molar-refractivity contribution in [3.63, 3.8) is 0 Å². The number of anilines is 3. The van der Waals surface area contributed by atoms with Crippen LogP contribution in [0.15, 0.2) is 138 Å². The number of pyridine rings is 1. The molecule has 0 saturated heterocycles. The van der Waals surface area contributed by atoms with Gasteiger partial charge in [0.05, 0.1) is 39.4 Å². The van der Waals surface area contributed by atoms with Crippen LogP contribution in [0.1, 0.15) is 0 Å². The molecule has 8 aromatic rings. The van der Waals surface area contributed by atoms with Crippen LogP contribution in [0.3, 0.4) is 0 Å². The highest BCUT2D eigenvalue weighted by molar-refractivity contribution is 6.17. The molecule has 0 radical (unpaired) electrons. The number of para-hydroxylation sites is 6. The predicted octanol–water partition coefficient (Wildman–Crippen LogP) is 9.44. The summed E-state index contributed by atoms with van der Waals surface area (Å²) >= 11 is 0. The van der Waals surface area contributed by atoms with Crippen LogP contribution in [-0.4, -0.2) is 14.5 Å². The van der Waals surface area contributed by atoms with Crippen LogP contribution < -0.4 is 4.90 Å². The largest absolute Gasteiger partial charge is 0.436 e. The van der Waals surface area contributed by atoms with Gasteiger partial charge in [0.15, 0.2) is 5.58 Å². The molecule has 5 aromatic carbocycles. The zero-order valence-electron chi connectivity index (χ0n) is 21.9. The first-order valence-corrected chi connectivity index (χ1v) is 13.7. The molecular formula is C36H22N4O. The van der Waals surface area contributed by atoms with E-state index in [0.29, 0.717) is 5.89 Å². The van der Waals surface area contributed by atoms with Crippen LogP contribution in [0.2, 0.25) is 0 Å². The van der Waals surface area contributed by atoms with Gasteiger partial charge in [0.2, 0.25) is 5.89 Å². The standard InChI is InChI=1S/C36H22N4O/c1-2-10-25(11-3-1)39-31-15-7-8-16-32(31)40-30-14-6-4-12-26(30)27-20-24(21-33(39)35(27)40)28-19-18-23(22-37-28)36-38-29-13-5-9-17-34(29)41-36/h1-22H. The molecule has 0 spiro atoms. The molecule has 41 heavy (non-hydrogen) atoms. The number of rotatable bonds is 3. The molecule has 5 heteroatoms. The van der Waals surface area contributed by atoms with E-state index in [4.69, 9.17) is 9.40 Å². The number of fused-ring (bicyclic) bond motifs is 6. The smallest absolute Gasteiger partial charge is 0.228 e. The minimum absolute atomic E-state index is 0.575. The van der Waals surface area contributed by atoms with Gasteiger partial charge in [-0.25, -0.2) is 4.98 Å². The van der Waals surface area contributed by atoms with Crippen molar-refractivity contribution >= 4 is 50.0 Å². The first kappa shape index (κ1) is 22.2. The fraction of sp³-hybridized carbons (Fsp3) is 0. The summed E-state index contributed by atoms with van der Waals surface area (Å²) in [5.41, 5.74) is 11.4. The lowest BCUT2D eigenvalue weighted by molar-refractivity contribution is 0.619. The van der Waals surface area contributed by atoms with Crippen LogP contribution in [-0.2, 0) is 0 Å². The molecule has 0 atom stereocenters. The Morgan fingerprint density at radius 1 is 0.585 bits per heavy atom. The van der Waals surface area contributed by atoms with Gasteiger partial charge in [0.1, 0.15) is 5.52 Å². The lowest BCUT2D eigenvalue weighted by atomic mass is 10.0. The fourth-order valence-electron chi connectivity index (χ4n) is 6.16. The van der Waals surface area contributed by atoms with Crippen LogP contribution in [0.5, 0.6) is 0 Å². The van der Waals surface area contributed by atoms with Crippen molar-refractivity contribution < 1.29 is 4.42 Å². The van der Waals surface area contributed by atoms with Gasteiger partial charge in [0.25, 0.3) is 0 Å². The lowest BCUT2D eigenvalue weighted by Gasteiger charge is -2.33. The summed E-state index contributed by atoms with van der Waals surface area (Å²) in [7, 11) is 0. The minimum Gasteiger partial charge on any atom is -0.436 e. The summed E-state index contributed by atoms with van der Waals surface area (Å²) in [6.45, 7) is 0. The summed E-state index contributed by atoms with van der Waals surface area (Å²) in [4.78, 5) is 11.9. The van der Waals surface area contributed by atoms with E-state index in [2.05, 4.69) is 112 Å². The second-order valence-corrected chi connectivity index (χ2v) is 10.3. The zero-order valence-corrected chi connectivity index (χ0v) is 21.9. The minimum atomic E-state index is 0.575. The van der Waals surface area contributed by atoms with Crippen LogP contribution in [0.25, 0.3) is 61.3 Å². The molecule has 0 bridgehead atoms. The third kappa shape index (κ3) is 3.23. The molecule has 3 aromatic heterocycles. The summed E-state index contributed by atoms with van der Waals surface area (Å²) in [6, 6.07) is 44.3. The Kier molecular flexibility index (Phi) is 4.55. The third-order valence-corrected chi connectivity index (χ3v) is 7.97. The molecule has 0 fully saturated rings. The highest BCUT2D eigenvalue weighted by Gasteiger charge is 2.29. The maximum atomic E-state index is 5.99. The van der Waals surface area contributed by atoms with Gasteiger partial charge in [-0.05, 0) is 66.7 Å². The summed E-state index contributed by atoms with van der Waals surface area (Å²) in [5, 5.41) is 2.42. The molecule has 5 nitrogen and oxygen atoms in total. The Balaban J connectivity index is 1.28. The zero-order chi connectivity index (χ0) is 26.9. The second-order valence-electron chi connectivity index (χ2n) is 10.3. The van der Waals surface area contributed by atoms with Crippen molar-refractivity contribution in [1.29, 1.82) is 0 Å². The molecule has 1 aliphatic heterocycles. The molecule has 1 aliphatic rings. The molecule has 9 rings (SSSR count). The fourth-order valence-corrected chi connectivity index (χ4v) is 6.16. The van der Waals surface area contributed by atoms with Gasteiger partial charge < -0.3 is 13.9 Å². The van der Waals surface area contributed by atoms with E-state index in [1.165, 1.54) is 27.5 Å². The average Bonchev–Trinajstić information content (AvgIpc) is 3.62. The van der Waals surface area contributed by atoms with Gasteiger partial charge >= 0.3 is 0 Å². The molecule has 0 amide bonds.